The fraction of sp³-hybridized carbons (Fsp3) is 0.192. The van der Waals surface area contributed by atoms with Gasteiger partial charge in [-0.1, -0.05) is 47.6 Å². The molecule has 0 saturated carbocycles. The van der Waals surface area contributed by atoms with E-state index >= 15 is 0 Å². The van der Waals surface area contributed by atoms with Crippen LogP contribution < -0.4 is 0 Å². The molecule has 0 radical (unpaired) electrons. The number of carbonyl (C=O) groups is 2. The van der Waals surface area contributed by atoms with Crippen LogP contribution in [0.25, 0.3) is 22.2 Å². The Labute approximate surface area is 179 Å². The Hall–Kier alpha value is -3.73. The van der Waals surface area contributed by atoms with Gasteiger partial charge in [0.1, 0.15) is 5.52 Å². The van der Waals surface area contributed by atoms with E-state index in [0.717, 1.165) is 30.2 Å². The molecule has 5 rings (SSSR count). The summed E-state index contributed by atoms with van der Waals surface area (Å²) in [5, 5.41) is 4.79. The van der Waals surface area contributed by atoms with Gasteiger partial charge in [0.2, 0.25) is 5.78 Å². The van der Waals surface area contributed by atoms with Crippen molar-refractivity contribution in [2.75, 3.05) is 0 Å². The summed E-state index contributed by atoms with van der Waals surface area (Å²) in [6.45, 7) is 1.61. The minimum atomic E-state index is -0.876. The van der Waals surface area contributed by atoms with E-state index in [9.17, 15) is 9.59 Å². The molecule has 1 atom stereocenters. The lowest BCUT2D eigenvalue weighted by atomic mass is 10.0. The van der Waals surface area contributed by atoms with Crippen molar-refractivity contribution in [1.29, 1.82) is 0 Å². The molecule has 1 aliphatic carbocycles. The monoisotopic (exact) mass is 411 g/mol. The van der Waals surface area contributed by atoms with Crippen molar-refractivity contribution in [2.45, 2.75) is 32.3 Å². The summed E-state index contributed by atoms with van der Waals surface area (Å²) < 4.78 is 11.0. The molecule has 0 saturated heterocycles. The highest BCUT2D eigenvalue weighted by Gasteiger charge is 2.23. The number of rotatable bonds is 5. The molecule has 4 aromatic rings. The fourth-order valence-electron chi connectivity index (χ4n) is 4.11. The molecule has 0 unspecified atom stereocenters. The standard InChI is InChI=1S/C26H21NO4/c1-16(24(28)20-11-10-17-8-5-9-19(17)14-20)30-26(29)21-12-13-23-22(15-21)25(31-27-23)18-6-3-2-4-7-18/h2-4,6-7,10-16H,5,8-9H2,1H3/t16-/m1/s1. The van der Waals surface area contributed by atoms with Crippen molar-refractivity contribution >= 4 is 22.7 Å². The average molecular weight is 411 g/mol. The molecule has 0 fully saturated rings. The van der Waals surface area contributed by atoms with Crippen LogP contribution in [0.1, 0.15) is 45.2 Å². The number of fused-ring (bicyclic) bond motifs is 2. The molecule has 31 heavy (non-hydrogen) atoms. The van der Waals surface area contributed by atoms with Crippen LogP contribution in [0.4, 0.5) is 0 Å². The van der Waals surface area contributed by atoms with Crippen molar-refractivity contribution in [2.24, 2.45) is 0 Å². The van der Waals surface area contributed by atoms with E-state index in [2.05, 4.69) is 5.16 Å². The Balaban J connectivity index is 1.37. The molecule has 0 bridgehead atoms. The van der Waals surface area contributed by atoms with Crippen LogP contribution in [0.15, 0.2) is 71.3 Å². The topological polar surface area (TPSA) is 69.4 Å². The van der Waals surface area contributed by atoms with Gasteiger partial charge in [0.25, 0.3) is 0 Å². The van der Waals surface area contributed by atoms with Gasteiger partial charge < -0.3 is 9.26 Å². The summed E-state index contributed by atoms with van der Waals surface area (Å²) in [6.07, 6.45) is 2.30. The lowest BCUT2D eigenvalue weighted by molar-refractivity contribution is 0.0319. The van der Waals surface area contributed by atoms with E-state index in [4.69, 9.17) is 9.26 Å². The third kappa shape index (κ3) is 3.63. The predicted molar refractivity (Wildman–Crippen MR) is 117 cm³/mol. The Morgan fingerprint density at radius 3 is 2.55 bits per heavy atom. The molecular formula is C26H21NO4. The SMILES string of the molecule is C[C@@H](OC(=O)c1ccc2noc(-c3ccccc3)c2c1)C(=O)c1ccc2c(c1)CCC2. The molecule has 0 N–H and O–H groups in total. The predicted octanol–water partition coefficient (Wildman–Crippen LogP) is 5.41. The van der Waals surface area contributed by atoms with Crippen molar-refractivity contribution in [1.82, 2.24) is 5.16 Å². The number of aryl methyl sites for hydroxylation is 2. The molecule has 0 amide bonds. The molecule has 5 heteroatoms. The summed E-state index contributed by atoms with van der Waals surface area (Å²) in [5.41, 5.74) is 4.98. The van der Waals surface area contributed by atoms with Crippen LogP contribution in [0.2, 0.25) is 0 Å². The number of nitrogens with zero attached hydrogens (tertiary/aromatic N) is 1. The zero-order valence-electron chi connectivity index (χ0n) is 17.1. The van der Waals surface area contributed by atoms with Gasteiger partial charge in [-0.2, -0.15) is 0 Å². The van der Waals surface area contributed by atoms with Crippen LogP contribution >= 0.6 is 0 Å². The molecule has 1 heterocycles. The Kier molecular flexibility index (Phi) is 4.86. The Morgan fingerprint density at radius 1 is 0.935 bits per heavy atom. The second-order valence-corrected chi connectivity index (χ2v) is 7.86. The lowest BCUT2D eigenvalue weighted by Gasteiger charge is -2.13. The molecule has 154 valence electrons. The van der Waals surface area contributed by atoms with Gasteiger partial charge in [-0.3, -0.25) is 4.79 Å². The highest BCUT2D eigenvalue weighted by Crippen LogP contribution is 2.29. The van der Waals surface area contributed by atoms with E-state index in [-0.39, 0.29) is 5.78 Å². The van der Waals surface area contributed by atoms with E-state index in [1.165, 1.54) is 11.1 Å². The summed E-state index contributed by atoms with van der Waals surface area (Å²) in [6, 6.07) is 20.4. The first-order valence-electron chi connectivity index (χ1n) is 10.4. The maximum atomic E-state index is 12.8. The van der Waals surface area contributed by atoms with E-state index in [1.54, 1.807) is 25.1 Å². The number of ketones is 1. The minimum Gasteiger partial charge on any atom is -0.451 e. The highest BCUT2D eigenvalue weighted by molar-refractivity contribution is 6.03. The summed E-state index contributed by atoms with van der Waals surface area (Å²) in [4.78, 5) is 25.6. The first-order valence-corrected chi connectivity index (χ1v) is 10.4. The number of hydrogen-bond acceptors (Lipinski definition) is 5. The Morgan fingerprint density at radius 2 is 1.71 bits per heavy atom. The lowest BCUT2D eigenvalue weighted by Crippen LogP contribution is -2.24. The number of aromatic nitrogens is 1. The zero-order valence-corrected chi connectivity index (χ0v) is 17.1. The summed E-state index contributed by atoms with van der Waals surface area (Å²) >= 11 is 0. The van der Waals surface area contributed by atoms with Gasteiger partial charge in [0.15, 0.2) is 11.9 Å². The van der Waals surface area contributed by atoms with Gasteiger partial charge in [-0.05, 0) is 61.6 Å². The molecule has 5 nitrogen and oxygen atoms in total. The van der Waals surface area contributed by atoms with Crippen molar-refractivity contribution in [3.05, 3.63) is 89.0 Å². The normalized spacial score (nSPS) is 13.7. The maximum absolute atomic E-state index is 12.8. The molecule has 1 aromatic heterocycles. The number of hydrogen-bond donors (Lipinski definition) is 0. The van der Waals surface area contributed by atoms with Crippen LogP contribution in [0, 0.1) is 0 Å². The average Bonchev–Trinajstić information content (AvgIpc) is 3.45. The smallest absolute Gasteiger partial charge is 0.338 e. The van der Waals surface area contributed by atoms with E-state index in [1.807, 2.05) is 48.5 Å². The van der Waals surface area contributed by atoms with Gasteiger partial charge in [-0.15, -0.1) is 0 Å². The van der Waals surface area contributed by atoms with E-state index in [0.29, 0.717) is 22.4 Å². The Bertz CT molecular complexity index is 1290. The van der Waals surface area contributed by atoms with Crippen LogP contribution in [0.3, 0.4) is 0 Å². The van der Waals surface area contributed by atoms with Crippen LogP contribution in [0.5, 0.6) is 0 Å². The first-order chi connectivity index (χ1) is 15.1. The van der Waals surface area contributed by atoms with Crippen molar-refractivity contribution < 1.29 is 18.8 Å². The van der Waals surface area contributed by atoms with Gasteiger partial charge in [0, 0.05) is 11.1 Å². The minimum absolute atomic E-state index is 0.195. The van der Waals surface area contributed by atoms with Gasteiger partial charge >= 0.3 is 5.97 Å². The first kappa shape index (κ1) is 19.2. The quantitative estimate of drug-likeness (QED) is 0.324. The van der Waals surface area contributed by atoms with E-state index < -0.39 is 12.1 Å². The number of ether oxygens (including phenoxy) is 1. The molecule has 1 aliphatic rings. The fourth-order valence-corrected chi connectivity index (χ4v) is 4.11. The van der Waals surface area contributed by atoms with Crippen LogP contribution in [-0.2, 0) is 17.6 Å². The molecule has 0 spiro atoms. The number of carbonyl (C=O) groups excluding carboxylic acids is 2. The van der Waals surface area contributed by atoms with Crippen LogP contribution in [-0.4, -0.2) is 23.0 Å². The molecule has 3 aromatic carbocycles. The van der Waals surface area contributed by atoms with Crippen molar-refractivity contribution in [3.63, 3.8) is 0 Å². The second kappa shape index (κ2) is 7.84. The van der Waals surface area contributed by atoms with Crippen molar-refractivity contribution in [3.8, 4) is 11.3 Å². The zero-order chi connectivity index (χ0) is 21.4. The van der Waals surface area contributed by atoms with Gasteiger partial charge in [-0.25, -0.2) is 4.79 Å². The third-order valence-corrected chi connectivity index (χ3v) is 5.78. The van der Waals surface area contributed by atoms with Gasteiger partial charge in [0.05, 0.1) is 10.9 Å². The second-order valence-electron chi connectivity index (χ2n) is 7.86. The maximum Gasteiger partial charge on any atom is 0.338 e. The highest BCUT2D eigenvalue weighted by atomic mass is 16.5. The number of benzene rings is 3. The number of Topliss-reactive ketones (excluding diaryl/α,β-unsaturated/α-hetero) is 1. The summed E-state index contributed by atoms with van der Waals surface area (Å²) in [5.74, 6) is -0.157. The molecular weight excluding hydrogens is 390 g/mol. The summed E-state index contributed by atoms with van der Waals surface area (Å²) in [7, 11) is 0. The molecule has 0 aliphatic heterocycles. The third-order valence-electron chi connectivity index (χ3n) is 5.78. The number of esters is 1. The largest absolute Gasteiger partial charge is 0.451 e.